The van der Waals surface area contributed by atoms with E-state index >= 15 is 0 Å². The minimum atomic E-state index is -0.595. The van der Waals surface area contributed by atoms with Crippen LogP contribution in [0.3, 0.4) is 0 Å². The summed E-state index contributed by atoms with van der Waals surface area (Å²) in [5.74, 6) is -1.15. The summed E-state index contributed by atoms with van der Waals surface area (Å²) in [4.78, 5) is 39.0. The van der Waals surface area contributed by atoms with E-state index in [1.54, 1.807) is 37.3 Å². The zero-order chi connectivity index (χ0) is 25.8. The molecule has 0 N–H and O–H groups in total. The standard InChI is InChI=1S/C27H21ClFNO5S/c1-3-34-23-13-17(9-12-22(23)35-26(32)18-10-7-16(2)8-11-18)14-24-25(31)30(27(33)36-24)15-19-20(28)5-4-6-21(19)29/h4-14H,3,15H2,1-2H3/b24-14-. The van der Waals surface area contributed by atoms with Gasteiger partial charge < -0.3 is 9.47 Å². The highest BCUT2D eigenvalue weighted by molar-refractivity contribution is 8.18. The fourth-order valence-electron chi connectivity index (χ4n) is 3.44. The normalized spacial score (nSPS) is 14.4. The number of imide groups is 1. The van der Waals surface area contributed by atoms with Crippen LogP contribution in [0.15, 0.2) is 65.6 Å². The number of hydrogen-bond acceptors (Lipinski definition) is 6. The average molecular weight is 526 g/mol. The average Bonchev–Trinajstić information content (AvgIpc) is 3.10. The molecule has 1 aliphatic rings. The maximum Gasteiger partial charge on any atom is 0.343 e. The van der Waals surface area contributed by atoms with Gasteiger partial charge in [0.15, 0.2) is 11.5 Å². The molecule has 1 fully saturated rings. The lowest BCUT2D eigenvalue weighted by atomic mass is 10.1. The number of amides is 2. The van der Waals surface area contributed by atoms with Crippen molar-refractivity contribution in [2.45, 2.75) is 20.4 Å². The van der Waals surface area contributed by atoms with Gasteiger partial charge in [-0.1, -0.05) is 41.4 Å². The van der Waals surface area contributed by atoms with E-state index in [9.17, 15) is 18.8 Å². The first-order valence-electron chi connectivity index (χ1n) is 11.0. The summed E-state index contributed by atoms with van der Waals surface area (Å²) < 4.78 is 25.3. The highest BCUT2D eigenvalue weighted by Gasteiger charge is 2.36. The molecule has 184 valence electrons. The number of carbonyl (C=O) groups is 3. The molecule has 36 heavy (non-hydrogen) atoms. The number of aryl methyl sites for hydroxylation is 1. The van der Waals surface area contributed by atoms with Gasteiger partial charge in [-0.15, -0.1) is 0 Å². The summed E-state index contributed by atoms with van der Waals surface area (Å²) in [5, 5.41) is -0.394. The molecule has 2 amide bonds. The molecule has 3 aromatic rings. The number of ether oxygens (including phenoxy) is 2. The molecular weight excluding hydrogens is 505 g/mol. The molecule has 1 aliphatic heterocycles. The Hall–Kier alpha value is -3.62. The van der Waals surface area contributed by atoms with Crippen molar-refractivity contribution in [1.29, 1.82) is 0 Å². The summed E-state index contributed by atoms with van der Waals surface area (Å²) in [6, 6.07) is 16.0. The van der Waals surface area contributed by atoms with Crippen LogP contribution in [0.5, 0.6) is 11.5 Å². The Morgan fingerprint density at radius 1 is 1.08 bits per heavy atom. The summed E-state index contributed by atoms with van der Waals surface area (Å²) in [7, 11) is 0. The van der Waals surface area contributed by atoms with Crippen molar-refractivity contribution in [3.8, 4) is 11.5 Å². The van der Waals surface area contributed by atoms with Gasteiger partial charge in [0.05, 0.1) is 23.6 Å². The third kappa shape index (κ3) is 5.61. The van der Waals surface area contributed by atoms with Gasteiger partial charge in [-0.05, 0) is 73.6 Å². The van der Waals surface area contributed by atoms with Crippen molar-refractivity contribution >= 4 is 46.6 Å². The molecule has 4 rings (SSSR count). The minimum Gasteiger partial charge on any atom is -0.490 e. The fraction of sp³-hybridized carbons (Fsp3) is 0.148. The molecule has 0 radical (unpaired) electrons. The summed E-state index contributed by atoms with van der Waals surface area (Å²) in [5.41, 5.74) is 2.05. The van der Waals surface area contributed by atoms with Crippen LogP contribution in [-0.2, 0) is 11.3 Å². The number of esters is 1. The topological polar surface area (TPSA) is 72.9 Å². The van der Waals surface area contributed by atoms with Crippen molar-refractivity contribution < 1.29 is 28.2 Å². The maximum absolute atomic E-state index is 14.2. The van der Waals surface area contributed by atoms with E-state index in [4.69, 9.17) is 21.1 Å². The Kier molecular flexibility index (Phi) is 7.76. The molecule has 3 aromatic carbocycles. The number of carbonyl (C=O) groups excluding carboxylic acids is 3. The van der Waals surface area contributed by atoms with Gasteiger partial charge in [-0.3, -0.25) is 14.5 Å². The molecule has 0 atom stereocenters. The number of nitrogens with zero attached hydrogens (tertiary/aromatic N) is 1. The first-order chi connectivity index (χ1) is 17.3. The Bertz CT molecular complexity index is 1350. The lowest BCUT2D eigenvalue weighted by molar-refractivity contribution is -0.123. The lowest BCUT2D eigenvalue weighted by Gasteiger charge is -2.14. The monoisotopic (exact) mass is 525 g/mol. The SMILES string of the molecule is CCOc1cc(/C=C2\SC(=O)N(Cc3c(F)cccc3Cl)C2=O)ccc1OC(=O)c1ccc(C)cc1. The van der Waals surface area contributed by atoms with Crippen LogP contribution in [0.4, 0.5) is 9.18 Å². The second kappa shape index (κ2) is 11.0. The number of benzene rings is 3. The number of thioether (sulfide) groups is 1. The molecule has 6 nitrogen and oxygen atoms in total. The van der Waals surface area contributed by atoms with E-state index in [1.165, 1.54) is 24.3 Å². The van der Waals surface area contributed by atoms with E-state index < -0.39 is 22.9 Å². The molecule has 0 bridgehead atoms. The quantitative estimate of drug-likeness (QED) is 0.195. The van der Waals surface area contributed by atoms with Gasteiger partial charge in [0.25, 0.3) is 11.1 Å². The van der Waals surface area contributed by atoms with Crippen LogP contribution in [0.25, 0.3) is 6.08 Å². The predicted molar refractivity (Wildman–Crippen MR) is 137 cm³/mol. The molecular formula is C27H21ClFNO5S. The molecule has 0 aliphatic carbocycles. The number of hydrogen-bond donors (Lipinski definition) is 0. The maximum atomic E-state index is 14.2. The zero-order valence-corrected chi connectivity index (χ0v) is 21.0. The highest BCUT2D eigenvalue weighted by atomic mass is 35.5. The van der Waals surface area contributed by atoms with Crippen LogP contribution >= 0.6 is 23.4 Å². The van der Waals surface area contributed by atoms with E-state index in [1.807, 2.05) is 19.1 Å². The Labute approximate surface area is 216 Å². The first-order valence-corrected chi connectivity index (χ1v) is 12.2. The Balaban J connectivity index is 1.55. The van der Waals surface area contributed by atoms with Crippen molar-refractivity contribution in [2.75, 3.05) is 6.61 Å². The van der Waals surface area contributed by atoms with E-state index in [0.717, 1.165) is 22.2 Å². The van der Waals surface area contributed by atoms with Gasteiger partial charge in [0.2, 0.25) is 0 Å². The predicted octanol–water partition coefficient (Wildman–Crippen LogP) is 6.64. The third-order valence-electron chi connectivity index (χ3n) is 5.31. The van der Waals surface area contributed by atoms with Gasteiger partial charge in [0.1, 0.15) is 5.82 Å². The van der Waals surface area contributed by atoms with E-state index in [2.05, 4.69) is 0 Å². The van der Waals surface area contributed by atoms with Crippen LogP contribution in [-0.4, -0.2) is 28.6 Å². The van der Waals surface area contributed by atoms with Gasteiger partial charge in [-0.25, -0.2) is 9.18 Å². The lowest BCUT2D eigenvalue weighted by Crippen LogP contribution is -2.28. The van der Waals surface area contributed by atoms with Crippen molar-refractivity contribution in [1.82, 2.24) is 4.90 Å². The minimum absolute atomic E-state index is 0.0705. The van der Waals surface area contributed by atoms with Crippen LogP contribution in [0.1, 0.15) is 34.0 Å². The summed E-state index contributed by atoms with van der Waals surface area (Å²) >= 11 is 6.80. The molecule has 1 heterocycles. The number of halogens is 2. The first kappa shape index (κ1) is 25.5. The van der Waals surface area contributed by atoms with Crippen molar-refractivity contribution in [3.63, 3.8) is 0 Å². The van der Waals surface area contributed by atoms with E-state index in [-0.39, 0.29) is 27.8 Å². The van der Waals surface area contributed by atoms with Crippen LogP contribution in [0.2, 0.25) is 5.02 Å². The van der Waals surface area contributed by atoms with Crippen molar-refractivity contribution in [2.24, 2.45) is 0 Å². The van der Waals surface area contributed by atoms with Crippen LogP contribution < -0.4 is 9.47 Å². The fourth-order valence-corrected chi connectivity index (χ4v) is 4.51. The second-order valence-electron chi connectivity index (χ2n) is 7.86. The molecule has 0 spiro atoms. The van der Waals surface area contributed by atoms with Crippen LogP contribution in [0, 0.1) is 12.7 Å². The molecule has 1 saturated heterocycles. The number of rotatable bonds is 7. The zero-order valence-electron chi connectivity index (χ0n) is 19.4. The molecule has 0 saturated carbocycles. The molecule has 0 unspecified atom stereocenters. The second-order valence-corrected chi connectivity index (χ2v) is 9.26. The summed E-state index contributed by atoms with van der Waals surface area (Å²) in [6.45, 7) is 3.76. The summed E-state index contributed by atoms with van der Waals surface area (Å²) in [6.07, 6.45) is 1.53. The third-order valence-corrected chi connectivity index (χ3v) is 6.57. The Morgan fingerprint density at radius 2 is 1.83 bits per heavy atom. The van der Waals surface area contributed by atoms with Gasteiger partial charge in [-0.2, -0.15) is 0 Å². The van der Waals surface area contributed by atoms with Gasteiger partial charge >= 0.3 is 5.97 Å². The largest absolute Gasteiger partial charge is 0.490 e. The molecule has 9 heteroatoms. The smallest absolute Gasteiger partial charge is 0.343 e. The van der Waals surface area contributed by atoms with Gasteiger partial charge in [0, 0.05) is 10.6 Å². The van der Waals surface area contributed by atoms with E-state index in [0.29, 0.717) is 23.5 Å². The molecule has 0 aromatic heterocycles. The highest BCUT2D eigenvalue weighted by Crippen LogP contribution is 2.36. The van der Waals surface area contributed by atoms with Crippen molar-refractivity contribution in [3.05, 3.63) is 98.7 Å². The Morgan fingerprint density at radius 3 is 2.53 bits per heavy atom.